The van der Waals surface area contributed by atoms with Crippen LogP contribution in [-0.4, -0.2) is 36.2 Å². The number of carbonyl (C=O) groups excluding carboxylic acids is 1. The lowest BCUT2D eigenvalue weighted by atomic mass is 10.1. The van der Waals surface area contributed by atoms with Crippen LogP contribution in [0.25, 0.3) is 6.08 Å². The number of hydrogen-bond acceptors (Lipinski definition) is 4. The molecule has 1 aliphatic rings. The molecule has 1 heterocycles. The maximum Gasteiger partial charge on any atom is 0.277 e. The fourth-order valence-electron chi connectivity index (χ4n) is 3.14. The minimum Gasteiger partial charge on any atom is -0.493 e. The van der Waals surface area contributed by atoms with E-state index in [1.807, 2.05) is 56.3 Å². The molecule has 1 amide bonds. The zero-order valence-corrected chi connectivity index (χ0v) is 19.5. The number of amides is 1. The zero-order valence-electron chi connectivity index (χ0n) is 17.1. The first-order valence-corrected chi connectivity index (χ1v) is 10.7. The van der Waals surface area contributed by atoms with E-state index in [4.69, 9.17) is 21.7 Å². The Kier molecular flexibility index (Phi) is 6.95. The predicted molar refractivity (Wildman–Crippen MR) is 128 cm³/mol. The molecule has 7 heteroatoms. The van der Waals surface area contributed by atoms with Crippen molar-refractivity contribution in [2.75, 3.05) is 25.2 Å². The maximum absolute atomic E-state index is 13.2. The second-order valence-corrected chi connectivity index (χ2v) is 7.86. The largest absolute Gasteiger partial charge is 0.493 e. The molecule has 0 N–H and O–H groups in total. The molecule has 0 atom stereocenters. The van der Waals surface area contributed by atoms with Crippen LogP contribution in [0.2, 0.25) is 0 Å². The lowest BCUT2D eigenvalue weighted by Crippen LogP contribution is -2.32. The van der Waals surface area contributed by atoms with Gasteiger partial charge in [-0.25, -0.2) is 0 Å². The van der Waals surface area contributed by atoms with Crippen LogP contribution in [0.5, 0.6) is 11.5 Å². The lowest BCUT2D eigenvalue weighted by Gasteiger charge is -2.20. The van der Waals surface area contributed by atoms with Crippen molar-refractivity contribution in [3.8, 4) is 11.5 Å². The quantitative estimate of drug-likeness (QED) is 0.300. The topological polar surface area (TPSA) is 42.0 Å². The van der Waals surface area contributed by atoms with Gasteiger partial charge in [0.05, 0.1) is 13.7 Å². The van der Waals surface area contributed by atoms with E-state index in [2.05, 4.69) is 22.5 Å². The van der Waals surface area contributed by atoms with E-state index in [9.17, 15) is 4.79 Å². The van der Waals surface area contributed by atoms with Crippen LogP contribution in [0.3, 0.4) is 0 Å². The zero-order chi connectivity index (χ0) is 21.8. The van der Waals surface area contributed by atoms with Crippen molar-refractivity contribution in [1.82, 2.24) is 4.90 Å². The molecule has 2 aromatic rings. The molecule has 0 aromatic heterocycles. The number of carbonyl (C=O) groups is 1. The van der Waals surface area contributed by atoms with Gasteiger partial charge in [-0.2, -0.15) is 0 Å². The molecule has 0 unspecified atom stereocenters. The number of nitrogens with zero attached hydrogens (tertiary/aromatic N) is 2. The van der Waals surface area contributed by atoms with Crippen molar-refractivity contribution in [2.24, 2.45) is 0 Å². The summed E-state index contributed by atoms with van der Waals surface area (Å²) in [7, 11) is 1.59. The average Bonchev–Trinajstić information content (AvgIpc) is 2.95. The molecule has 1 saturated heterocycles. The summed E-state index contributed by atoms with van der Waals surface area (Å²) in [6.45, 7) is 8.51. The second kappa shape index (κ2) is 9.45. The summed E-state index contributed by atoms with van der Waals surface area (Å²) < 4.78 is 11.9. The van der Waals surface area contributed by atoms with E-state index in [0.717, 1.165) is 21.3 Å². The second-order valence-electron chi connectivity index (χ2n) is 6.65. The maximum atomic E-state index is 13.2. The molecule has 3 rings (SSSR count). The highest BCUT2D eigenvalue weighted by atomic mass is 79.9. The monoisotopic (exact) mass is 486 g/mol. The van der Waals surface area contributed by atoms with E-state index in [1.54, 1.807) is 18.1 Å². The Bertz CT molecular complexity index is 1020. The van der Waals surface area contributed by atoms with Crippen LogP contribution in [-0.2, 0) is 4.79 Å². The van der Waals surface area contributed by atoms with E-state index < -0.39 is 0 Å². The van der Waals surface area contributed by atoms with Crippen LogP contribution in [0, 0.1) is 6.92 Å². The first-order chi connectivity index (χ1) is 14.4. The fraction of sp³-hybridized carbons (Fsp3) is 0.217. The van der Waals surface area contributed by atoms with E-state index >= 15 is 0 Å². The Balaban J connectivity index is 2.14. The van der Waals surface area contributed by atoms with E-state index in [1.165, 1.54) is 4.90 Å². The molecule has 0 radical (unpaired) electrons. The molecule has 1 aliphatic heterocycles. The molecule has 1 fully saturated rings. The predicted octanol–water partition coefficient (Wildman–Crippen LogP) is 5.33. The van der Waals surface area contributed by atoms with Crippen molar-refractivity contribution < 1.29 is 14.3 Å². The smallest absolute Gasteiger partial charge is 0.277 e. The number of anilines is 1. The van der Waals surface area contributed by atoms with Crippen LogP contribution >= 0.6 is 28.1 Å². The van der Waals surface area contributed by atoms with Gasteiger partial charge >= 0.3 is 0 Å². The van der Waals surface area contributed by atoms with Gasteiger partial charge < -0.3 is 9.47 Å². The summed E-state index contributed by atoms with van der Waals surface area (Å²) in [5.74, 6) is 1.04. The van der Waals surface area contributed by atoms with Crippen LogP contribution in [0.15, 0.2) is 59.2 Å². The third kappa shape index (κ3) is 4.27. The minimum atomic E-state index is -0.179. The molecule has 5 nitrogen and oxygen atoms in total. The molecular formula is C23H23BrN2O3S. The molecule has 2 aromatic carbocycles. The normalized spacial score (nSPS) is 15.1. The number of ether oxygens (including phenoxy) is 2. The SMILES string of the molecule is C=CCN1C(=O)C(=Cc2cc(OCC)c(OC)cc2Br)N(c2ccc(C)cc2)C1=S. The van der Waals surface area contributed by atoms with E-state index in [-0.39, 0.29) is 5.91 Å². The van der Waals surface area contributed by atoms with Crippen LogP contribution in [0.1, 0.15) is 18.1 Å². The van der Waals surface area contributed by atoms with Crippen molar-refractivity contribution in [3.63, 3.8) is 0 Å². The molecule has 0 spiro atoms. The highest BCUT2D eigenvalue weighted by Crippen LogP contribution is 2.37. The Labute approximate surface area is 190 Å². The number of thiocarbonyl (C=S) groups is 1. The van der Waals surface area contributed by atoms with Gasteiger partial charge in [0.2, 0.25) is 0 Å². The Morgan fingerprint density at radius 3 is 2.50 bits per heavy atom. The highest BCUT2D eigenvalue weighted by Gasteiger charge is 2.38. The first kappa shape index (κ1) is 22.1. The molecule has 30 heavy (non-hydrogen) atoms. The summed E-state index contributed by atoms with van der Waals surface area (Å²) in [5.41, 5.74) is 3.19. The number of methoxy groups -OCH3 is 1. The van der Waals surface area contributed by atoms with Gasteiger partial charge in [-0.3, -0.25) is 14.6 Å². The first-order valence-electron chi connectivity index (χ1n) is 9.46. The van der Waals surface area contributed by atoms with Crippen molar-refractivity contribution in [1.29, 1.82) is 0 Å². The molecule has 0 saturated carbocycles. The summed E-state index contributed by atoms with van der Waals surface area (Å²) in [6.07, 6.45) is 3.47. The van der Waals surface area contributed by atoms with Gasteiger partial charge in [0.1, 0.15) is 5.70 Å². The number of benzene rings is 2. The van der Waals surface area contributed by atoms with Gasteiger partial charge in [-0.1, -0.05) is 39.7 Å². The molecule has 156 valence electrons. The number of halogens is 1. The van der Waals surface area contributed by atoms with Crippen molar-refractivity contribution in [2.45, 2.75) is 13.8 Å². The molecule has 0 bridgehead atoms. The standard InChI is InChI=1S/C23H23BrN2O3S/c1-5-11-25-22(27)19(26(23(25)30)17-9-7-15(3)8-10-17)12-16-13-21(29-6-2)20(28-4)14-18(16)24/h5,7-10,12-14H,1,6,11H2,2-4H3. The summed E-state index contributed by atoms with van der Waals surface area (Å²) in [4.78, 5) is 16.5. The summed E-state index contributed by atoms with van der Waals surface area (Å²) in [5, 5.41) is 0.421. The van der Waals surface area contributed by atoms with Crippen LogP contribution < -0.4 is 14.4 Å². The Morgan fingerprint density at radius 1 is 1.20 bits per heavy atom. The number of aryl methyl sites for hydroxylation is 1. The number of hydrogen-bond donors (Lipinski definition) is 0. The molecular weight excluding hydrogens is 464 g/mol. The third-order valence-corrected chi connectivity index (χ3v) is 5.70. The lowest BCUT2D eigenvalue weighted by molar-refractivity contribution is -0.121. The minimum absolute atomic E-state index is 0.179. The third-order valence-electron chi connectivity index (χ3n) is 4.61. The molecule has 0 aliphatic carbocycles. The number of rotatable bonds is 7. The van der Waals surface area contributed by atoms with Gasteiger partial charge in [0.15, 0.2) is 16.6 Å². The van der Waals surface area contributed by atoms with Gasteiger partial charge in [-0.15, -0.1) is 6.58 Å². The highest BCUT2D eigenvalue weighted by molar-refractivity contribution is 9.10. The van der Waals surface area contributed by atoms with Crippen LogP contribution in [0.4, 0.5) is 5.69 Å². The average molecular weight is 487 g/mol. The summed E-state index contributed by atoms with van der Waals surface area (Å²) in [6, 6.07) is 11.6. The van der Waals surface area contributed by atoms with Crippen molar-refractivity contribution >= 4 is 50.9 Å². The van der Waals surface area contributed by atoms with Gasteiger partial charge in [-0.05, 0) is 62.0 Å². The van der Waals surface area contributed by atoms with Crippen molar-refractivity contribution in [3.05, 3.63) is 70.3 Å². The Hall–Kier alpha value is -2.64. The summed E-state index contributed by atoms with van der Waals surface area (Å²) >= 11 is 9.21. The van der Waals surface area contributed by atoms with Gasteiger partial charge in [0.25, 0.3) is 5.91 Å². The van der Waals surface area contributed by atoms with Gasteiger partial charge in [0, 0.05) is 16.7 Å². The van der Waals surface area contributed by atoms with E-state index in [0.29, 0.717) is 35.5 Å². The Morgan fingerprint density at radius 2 is 1.90 bits per heavy atom. The fourth-order valence-corrected chi connectivity index (χ4v) is 3.94.